The fourth-order valence-corrected chi connectivity index (χ4v) is 4.37. The summed E-state index contributed by atoms with van der Waals surface area (Å²) in [4.78, 5) is 0. The molecule has 0 aromatic rings. The fourth-order valence-electron chi connectivity index (χ4n) is 4.37. The number of aliphatic hydroxyl groups is 1. The van der Waals surface area contributed by atoms with Gasteiger partial charge in [-0.15, -0.1) is 0 Å². The van der Waals surface area contributed by atoms with Crippen LogP contribution in [0.5, 0.6) is 0 Å². The summed E-state index contributed by atoms with van der Waals surface area (Å²) in [5, 5.41) is 9.38. The molecule has 1 heteroatoms. The van der Waals surface area contributed by atoms with Crippen LogP contribution in [0.2, 0.25) is 0 Å². The minimum atomic E-state index is 0.318. The standard InChI is InChI=1S/C15H26O/c1-12-5-6-13-14(2,3)7-4-8-15(13,11-12)9-10-16/h11,13,16H,4-10H2,1-3H3. The first-order valence-electron chi connectivity index (χ1n) is 6.79. The largest absolute Gasteiger partial charge is 0.396 e. The van der Waals surface area contributed by atoms with Crippen LogP contribution in [0.4, 0.5) is 0 Å². The van der Waals surface area contributed by atoms with Gasteiger partial charge in [0, 0.05) is 6.61 Å². The minimum absolute atomic E-state index is 0.318. The minimum Gasteiger partial charge on any atom is -0.396 e. The van der Waals surface area contributed by atoms with Gasteiger partial charge < -0.3 is 5.11 Å². The lowest BCUT2D eigenvalue weighted by Gasteiger charge is -2.53. The van der Waals surface area contributed by atoms with Crippen molar-refractivity contribution in [3.05, 3.63) is 11.6 Å². The van der Waals surface area contributed by atoms with Crippen LogP contribution in [0.3, 0.4) is 0 Å². The molecule has 2 aliphatic carbocycles. The van der Waals surface area contributed by atoms with E-state index in [1.807, 2.05) is 0 Å². The zero-order valence-electron chi connectivity index (χ0n) is 11.1. The zero-order chi connectivity index (χ0) is 11.8. The second-order valence-electron chi connectivity index (χ2n) is 6.63. The second-order valence-corrected chi connectivity index (χ2v) is 6.63. The van der Waals surface area contributed by atoms with Crippen LogP contribution < -0.4 is 0 Å². The Morgan fingerprint density at radius 3 is 2.81 bits per heavy atom. The average molecular weight is 222 g/mol. The first-order chi connectivity index (χ1) is 7.50. The molecule has 92 valence electrons. The highest BCUT2D eigenvalue weighted by atomic mass is 16.3. The van der Waals surface area contributed by atoms with Crippen molar-refractivity contribution in [3.8, 4) is 0 Å². The molecule has 16 heavy (non-hydrogen) atoms. The van der Waals surface area contributed by atoms with E-state index in [0.717, 1.165) is 12.3 Å². The SMILES string of the molecule is CC1=CC2(CCO)CCCC(C)(C)C2CC1. The van der Waals surface area contributed by atoms with Crippen LogP contribution in [-0.4, -0.2) is 11.7 Å². The summed E-state index contributed by atoms with van der Waals surface area (Å²) in [6.07, 6.45) is 10.1. The molecule has 0 bridgehead atoms. The molecule has 2 rings (SSSR count). The van der Waals surface area contributed by atoms with E-state index in [-0.39, 0.29) is 0 Å². The Labute approximate surface area is 99.9 Å². The summed E-state index contributed by atoms with van der Waals surface area (Å²) in [6.45, 7) is 7.46. The van der Waals surface area contributed by atoms with Crippen molar-refractivity contribution >= 4 is 0 Å². The summed E-state index contributed by atoms with van der Waals surface area (Å²) in [5.41, 5.74) is 2.33. The van der Waals surface area contributed by atoms with Crippen molar-refractivity contribution in [2.45, 2.75) is 59.3 Å². The van der Waals surface area contributed by atoms with Gasteiger partial charge >= 0.3 is 0 Å². The molecule has 0 aromatic heterocycles. The molecule has 0 saturated heterocycles. The third kappa shape index (κ3) is 1.95. The fraction of sp³-hybridized carbons (Fsp3) is 0.867. The van der Waals surface area contributed by atoms with Crippen LogP contribution in [0.1, 0.15) is 59.3 Å². The lowest BCUT2D eigenvalue weighted by molar-refractivity contribution is -0.00554. The molecule has 1 N–H and O–H groups in total. The lowest BCUT2D eigenvalue weighted by Crippen LogP contribution is -2.45. The second kappa shape index (κ2) is 4.18. The van der Waals surface area contributed by atoms with E-state index in [1.165, 1.54) is 32.1 Å². The van der Waals surface area contributed by atoms with Gasteiger partial charge in [-0.1, -0.05) is 31.9 Å². The van der Waals surface area contributed by atoms with Gasteiger partial charge in [-0.3, -0.25) is 0 Å². The smallest absolute Gasteiger partial charge is 0.0439 e. The molecule has 1 fully saturated rings. The maximum Gasteiger partial charge on any atom is 0.0439 e. The molecule has 2 unspecified atom stereocenters. The van der Waals surface area contributed by atoms with Crippen LogP contribution in [0.25, 0.3) is 0 Å². The quantitative estimate of drug-likeness (QED) is 0.702. The predicted molar refractivity (Wildman–Crippen MR) is 68.2 cm³/mol. The van der Waals surface area contributed by atoms with E-state index in [9.17, 15) is 5.11 Å². The van der Waals surface area contributed by atoms with Gasteiger partial charge in [0.15, 0.2) is 0 Å². The molecular formula is C15H26O. The van der Waals surface area contributed by atoms with Gasteiger partial charge in [-0.25, -0.2) is 0 Å². The van der Waals surface area contributed by atoms with Crippen molar-refractivity contribution in [2.24, 2.45) is 16.7 Å². The van der Waals surface area contributed by atoms with Crippen molar-refractivity contribution < 1.29 is 5.11 Å². The summed E-state index contributed by atoms with van der Waals surface area (Å²) < 4.78 is 0. The maximum atomic E-state index is 9.38. The predicted octanol–water partition coefficient (Wildman–Crippen LogP) is 3.92. The molecule has 0 aromatic carbocycles. The van der Waals surface area contributed by atoms with Gasteiger partial charge in [0.05, 0.1) is 0 Å². The van der Waals surface area contributed by atoms with Gasteiger partial charge in [0.25, 0.3) is 0 Å². The highest BCUT2D eigenvalue weighted by Gasteiger charge is 2.48. The third-order valence-electron chi connectivity index (χ3n) is 5.04. The molecule has 0 radical (unpaired) electrons. The molecule has 0 spiro atoms. The Kier molecular flexibility index (Phi) is 3.18. The molecule has 0 heterocycles. The van der Waals surface area contributed by atoms with Crippen LogP contribution >= 0.6 is 0 Å². The van der Waals surface area contributed by atoms with E-state index in [2.05, 4.69) is 26.8 Å². The normalized spacial score (nSPS) is 37.8. The van der Waals surface area contributed by atoms with Gasteiger partial charge in [0.2, 0.25) is 0 Å². The molecule has 2 aliphatic rings. The number of hydrogen-bond donors (Lipinski definition) is 1. The average Bonchev–Trinajstić information content (AvgIpc) is 2.16. The first kappa shape index (κ1) is 12.2. The Morgan fingerprint density at radius 2 is 2.12 bits per heavy atom. The molecule has 0 amide bonds. The van der Waals surface area contributed by atoms with Gasteiger partial charge in [-0.2, -0.15) is 0 Å². The maximum absolute atomic E-state index is 9.38. The Bertz CT molecular complexity index is 286. The van der Waals surface area contributed by atoms with E-state index in [1.54, 1.807) is 5.57 Å². The molecule has 1 nitrogen and oxygen atoms in total. The Hall–Kier alpha value is -0.300. The van der Waals surface area contributed by atoms with Crippen molar-refractivity contribution in [2.75, 3.05) is 6.61 Å². The topological polar surface area (TPSA) is 20.2 Å². The monoisotopic (exact) mass is 222 g/mol. The molecule has 1 saturated carbocycles. The highest BCUT2D eigenvalue weighted by molar-refractivity contribution is 5.17. The summed E-state index contributed by atoms with van der Waals surface area (Å²) >= 11 is 0. The number of rotatable bonds is 2. The van der Waals surface area contributed by atoms with E-state index in [0.29, 0.717) is 17.4 Å². The first-order valence-corrected chi connectivity index (χ1v) is 6.79. The number of fused-ring (bicyclic) bond motifs is 1. The molecular weight excluding hydrogens is 196 g/mol. The van der Waals surface area contributed by atoms with Gasteiger partial charge in [0.1, 0.15) is 0 Å². The van der Waals surface area contributed by atoms with E-state index >= 15 is 0 Å². The zero-order valence-corrected chi connectivity index (χ0v) is 11.1. The van der Waals surface area contributed by atoms with E-state index in [4.69, 9.17) is 0 Å². The van der Waals surface area contributed by atoms with Gasteiger partial charge in [-0.05, 0) is 55.8 Å². The van der Waals surface area contributed by atoms with Crippen molar-refractivity contribution in [1.29, 1.82) is 0 Å². The summed E-state index contributed by atoms with van der Waals surface area (Å²) in [5.74, 6) is 0.782. The third-order valence-corrected chi connectivity index (χ3v) is 5.04. The van der Waals surface area contributed by atoms with Crippen molar-refractivity contribution in [3.63, 3.8) is 0 Å². The van der Waals surface area contributed by atoms with Crippen LogP contribution in [0.15, 0.2) is 11.6 Å². The number of hydrogen-bond acceptors (Lipinski definition) is 1. The highest BCUT2D eigenvalue weighted by Crippen LogP contribution is 2.58. The Morgan fingerprint density at radius 1 is 1.38 bits per heavy atom. The summed E-state index contributed by atoms with van der Waals surface area (Å²) in [6, 6.07) is 0. The number of allylic oxidation sites excluding steroid dienone is 2. The lowest BCUT2D eigenvalue weighted by atomic mass is 9.51. The Balaban J connectivity index is 2.34. The van der Waals surface area contributed by atoms with E-state index < -0.39 is 0 Å². The van der Waals surface area contributed by atoms with Crippen LogP contribution in [0, 0.1) is 16.7 Å². The molecule has 0 aliphatic heterocycles. The van der Waals surface area contributed by atoms with Crippen molar-refractivity contribution in [1.82, 2.24) is 0 Å². The summed E-state index contributed by atoms with van der Waals surface area (Å²) in [7, 11) is 0. The van der Waals surface area contributed by atoms with Crippen LogP contribution in [-0.2, 0) is 0 Å². The number of aliphatic hydroxyl groups excluding tert-OH is 1. The molecule has 2 atom stereocenters.